The molecule has 24 heavy (non-hydrogen) atoms. The van der Waals surface area contributed by atoms with Crippen LogP contribution in [-0.4, -0.2) is 10.9 Å². The van der Waals surface area contributed by atoms with Crippen molar-refractivity contribution in [1.29, 1.82) is 5.26 Å². The Morgan fingerprint density at radius 1 is 1.12 bits per heavy atom. The lowest BCUT2D eigenvalue weighted by Gasteiger charge is -2.12. The Kier molecular flexibility index (Phi) is 5.33. The Morgan fingerprint density at radius 3 is 2.33 bits per heavy atom. The first-order chi connectivity index (χ1) is 11.4. The molecule has 122 valence electrons. The van der Waals surface area contributed by atoms with Crippen LogP contribution in [0.15, 0.2) is 42.2 Å². The van der Waals surface area contributed by atoms with Crippen molar-refractivity contribution < 1.29 is 4.79 Å². The number of rotatable bonds is 4. The lowest BCUT2D eigenvalue weighted by atomic mass is 10.0. The third-order valence-corrected chi connectivity index (χ3v) is 3.56. The molecule has 2 rings (SSSR count). The lowest BCUT2D eigenvalue weighted by molar-refractivity contribution is -0.112. The van der Waals surface area contributed by atoms with Crippen LogP contribution in [0.3, 0.4) is 0 Å². The number of benzene rings is 1. The maximum absolute atomic E-state index is 12.3. The fraction of sp³-hybridized carbons (Fsp3) is 0.211. The maximum Gasteiger partial charge on any atom is 0.267 e. The molecule has 0 aliphatic rings. The maximum atomic E-state index is 12.3. The predicted molar refractivity (Wildman–Crippen MR) is 95.6 cm³/mol. The van der Waals surface area contributed by atoms with E-state index >= 15 is 0 Å². The molecule has 0 aliphatic carbocycles. The second kappa shape index (κ2) is 7.42. The number of hydrogen-bond acceptors (Lipinski definition) is 4. The van der Waals surface area contributed by atoms with E-state index in [9.17, 15) is 10.1 Å². The van der Waals surface area contributed by atoms with Gasteiger partial charge in [0, 0.05) is 18.1 Å². The van der Waals surface area contributed by atoms with Gasteiger partial charge >= 0.3 is 0 Å². The highest BCUT2D eigenvalue weighted by Gasteiger charge is 2.12. The van der Waals surface area contributed by atoms with Gasteiger partial charge in [0.15, 0.2) is 0 Å². The van der Waals surface area contributed by atoms with Gasteiger partial charge in [-0.05, 0) is 50.5 Å². The zero-order valence-corrected chi connectivity index (χ0v) is 14.3. The van der Waals surface area contributed by atoms with E-state index in [4.69, 9.17) is 0 Å². The quantitative estimate of drug-likeness (QED) is 0.664. The first kappa shape index (κ1) is 17.2. The van der Waals surface area contributed by atoms with Gasteiger partial charge in [0.05, 0.1) is 0 Å². The number of amides is 1. The number of hydrogen-bond donors (Lipinski definition) is 2. The number of carbonyl (C=O) groups excluding carboxylic acids is 1. The third-order valence-electron chi connectivity index (χ3n) is 3.56. The molecule has 0 atom stereocenters. The number of nitrogens with one attached hydrogen (secondary N) is 2. The minimum atomic E-state index is -0.452. The first-order valence-corrected chi connectivity index (χ1v) is 7.59. The zero-order chi connectivity index (χ0) is 17.7. The molecule has 1 aromatic heterocycles. The predicted octanol–water partition coefficient (Wildman–Crippen LogP) is 3.77. The molecular weight excluding hydrogens is 300 g/mol. The molecule has 0 saturated carbocycles. The van der Waals surface area contributed by atoms with E-state index < -0.39 is 5.91 Å². The molecule has 0 saturated heterocycles. The average Bonchev–Trinajstić information content (AvgIpc) is 2.53. The van der Waals surface area contributed by atoms with E-state index in [0.717, 1.165) is 27.9 Å². The highest BCUT2D eigenvalue weighted by atomic mass is 16.1. The minimum absolute atomic E-state index is 0.0169. The Balaban J connectivity index is 2.16. The summed E-state index contributed by atoms with van der Waals surface area (Å²) in [5.74, 6) is 0.121. The van der Waals surface area contributed by atoms with Crippen LogP contribution in [0.2, 0.25) is 0 Å². The summed E-state index contributed by atoms with van der Waals surface area (Å²) in [6.07, 6.45) is 3.08. The topological polar surface area (TPSA) is 77.8 Å². The largest absolute Gasteiger partial charge is 0.345 e. The van der Waals surface area contributed by atoms with Crippen LogP contribution in [0.25, 0.3) is 0 Å². The Morgan fingerprint density at radius 2 is 1.79 bits per heavy atom. The third kappa shape index (κ3) is 4.20. The van der Waals surface area contributed by atoms with E-state index in [2.05, 4.69) is 15.6 Å². The second-order valence-electron chi connectivity index (χ2n) is 5.76. The van der Waals surface area contributed by atoms with Crippen LogP contribution in [0.5, 0.6) is 0 Å². The molecule has 0 radical (unpaired) electrons. The highest BCUT2D eigenvalue weighted by Crippen LogP contribution is 2.22. The van der Waals surface area contributed by atoms with Crippen molar-refractivity contribution in [2.75, 3.05) is 10.6 Å². The van der Waals surface area contributed by atoms with Crippen molar-refractivity contribution in [1.82, 2.24) is 4.98 Å². The van der Waals surface area contributed by atoms with Crippen molar-refractivity contribution in [2.24, 2.45) is 0 Å². The van der Waals surface area contributed by atoms with Gasteiger partial charge in [0.25, 0.3) is 5.91 Å². The zero-order valence-electron chi connectivity index (χ0n) is 14.3. The first-order valence-electron chi connectivity index (χ1n) is 7.59. The highest BCUT2D eigenvalue weighted by molar-refractivity contribution is 6.07. The molecule has 0 unspecified atom stereocenters. The summed E-state index contributed by atoms with van der Waals surface area (Å²) in [5.41, 5.74) is 4.81. The van der Waals surface area contributed by atoms with E-state index in [1.807, 2.05) is 52.0 Å². The summed E-state index contributed by atoms with van der Waals surface area (Å²) in [7, 11) is 0. The Labute approximate surface area is 142 Å². The van der Waals surface area contributed by atoms with Crippen LogP contribution in [0.4, 0.5) is 11.5 Å². The van der Waals surface area contributed by atoms with E-state index in [0.29, 0.717) is 5.82 Å². The fourth-order valence-electron chi connectivity index (χ4n) is 2.41. The number of anilines is 2. The number of aromatic nitrogens is 1. The van der Waals surface area contributed by atoms with Crippen molar-refractivity contribution in [2.45, 2.75) is 27.7 Å². The number of nitriles is 1. The smallest absolute Gasteiger partial charge is 0.267 e. The van der Waals surface area contributed by atoms with Gasteiger partial charge in [-0.3, -0.25) is 4.79 Å². The average molecular weight is 320 g/mol. The fourth-order valence-corrected chi connectivity index (χ4v) is 2.41. The number of aryl methyl sites for hydroxylation is 4. The van der Waals surface area contributed by atoms with Crippen molar-refractivity contribution >= 4 is 17.4 Å². The molecule has 0 aliphatic heterocycles. The van der Waals surface area contributed by atoms with Crippen LogP contribution < -0.4 is 10.6 Å². The molecule has 2 aromatic rings. The molecule has 1 heterocycles. The van der Waals surface area contributed by atoms with Gasteiger partial charge < -0.3 is 10.6 Å². The summed E-state index contributed by atoms with van der Waals surface area (Å²) >= 11 is 0. The van der Waals surface area contributed by atoms with Gasteiger partial charge in [-0.25, -0.2) is 4.98 Å². The molecule has 0 spiro atoms. The van der Waals surface area contributed by atoms with Crippen LogP contribution in [0.1, 0.15) is 22.3 Å². The molecule has 5 nitrogen and oxygen atoms in total. The minimum Gasteiger partial charge on any atom is -0.345 e. The summed E-state index contributed by atoms with van der Waals surface area (Å²) in [4.78, 5) is 16.5. The summed E-state index contributed by atoms with van der Waals surface area (Å²) in [6.45, 7) is 7.80. The molecule has 1 aromatic carbocycles. The number of nitrogens with zero attached hydrogens (tertiary/aromatic N) is 2. The van der Waals surface area contributed by atoms with Crippen LogP contribution in [0, 0.1) is 39.0 Å². The SMILES string of the molecule is Cc1ccc(N/C=C(/C#N)C(=O)Nc2c(C)cc(C)cc2C)nc1. The lowest BCUT2D eigenvalue weighted by Crippen LogP contribution is -2.16. The molecule has 0 fully saturated rings. The van der Waals surface area contributed by atoms with Crippen molar-refractivity contribution in [3.05, 3.63) is 64.5 Å². The van der Waals surface area contributed by atoms with Crippen LogP contribution >= 0.6 is 0 Å². The summed E-state index contributed by atoms with van der Waals surface area (Å²) in [5, 5.41) is 14.9. The van der Waals surface area contributed by atoms with E-state index in [1.54, 1.807) is 12.3 Å². The van der Waals surface area contributed by atoms with E-state index in [-0.39, 0.29) is 5.57 Å². The van der Waals surface area contributed by atoms with Gasteiger partial charge in [0.2, 0.25) is 0 Å². The number of carbonyl (C=O) groups is 1. The Hall–Kier alpha value is -3.13. The van der Waals surface area contributed by atoms with Gasteiger partial charge in [-0.1, -0.05) is 23.8 Å². The van der Waals surface area contributed by atoms with Crippen molar-refractivity contribution in [3.8, 4) is 6.07 Å². The van der Waals surface area contributed by atoms with E-state index in [1.165, 1.54) is 6.20 Å². The Bertz CT molecular complexity index is 806. The van der Waals surface area contributed by atoms with Crippen LogP contribution in [-0.2, 0) is 4.79 Å². The summed E-state index contributed by atoms with van der Waals surface area (Å²) in [6, 6.07) is 9.58. The van der Waals surface area contributed by atoms with Gasteiger partial charge in [0.1, 0.15) is 17.5 Å². The monoisotopic (exact) mass is 320 g/mol. The van der Waals surface area contributed by atoms with Gasteiger partial charge in [-0.15, -0.1) is 0 Å². The van der Waals surface area contributed by atoms with Gasteiger partial charge in [-0.2, -0.15) is 5.26 Å². The number of pyridine rings is 1. The molecule has 1 amide bonds. The summed E-state index contributed by atoms with van der Waals surface area (Å²) < 4.78 is 0. The molecule has 2 N–H and O–H groups in total. The molecular formula is C19H20N4O. The molecule has 0 bridgehead atoms. The standard InChI is InChI=1S/C19H20N4O/c1-12-5-6-17(21-10-12)22-11-16(9-20)19(24)23-18-14(3)7-13(2)8-15(18)4/h5-8,10-11H,1-4H3,(H,21,22)(H,23,24)/b16-11-. The molecule has 5 heteroatoms. The normalized spacial score (nSPS) is 10.9. The second-order valence-corrected chi connectivity index (χ2v) is 5.76. The van der Waals surface area contributed by atoms with Crippen molar-refractivity contribution in [3.63, 3.8) is 0 Å².